The fraction of sp³-hybridized carbons (Fsp3) is 0.421. The molecule has 30 heavy (non-hydrogen) atoms. The summed E-state index contributed by atoms with van der Waals surface area (Å²) in [5, 5.41) is 1.82. The zero-order valence-electron chi connectivity index (χ0n) is 16.7. The number of sulfonamides is 1. The Labute approximate surface area is 184 Å². The van der Waals surface area contributed by atoms with E-state index in [0.717, 1.165) is 4.34 Å². The van der Waals surface area contributed by atoms with E-state index in [9.17, 15) is 18.0 Å². The first-order valence-electron chi connectivity index (χ1n) is 9.23. The van der Waals surface area contributed by atoms with E-state index in [-0.39, 0.29) is 23.9 Å². The molecule has 0 unspecified atom stereocenters. The molecule has 3 rings (SSSR count). The third-order valence-electron chi connectivity index (χ3n) is 4.66. The zero-order chi connectivity index (χ0) is 21.7. The van der Waals surface area contributed by atoms with E-state index in [1.165, 1.54) is 33.7 Å². The van der Waals surface area contributed by atoms with Crippen LogP contribution in [0, 0.1) is 0 Å². The highest BCUT2D eigenvalue weighted by Crippen LogP contribution is 2.24. The van der Waals surface area contributed by atoms with E-state index in [0.29, 0.717) is 43.2 Å². The number of hydrogen-bond acceptors (Lipinski definition) is 8. The molecule has 2 heterocycles. The molecule has 1 saturated heterocycles. The van der Waals surface area contributed by atoms with Crippen LogP contribution < -0.4 is 4.74 Å². The fourth-order valence-corrected chi connectivity index (χ4v) is 5.53. The maximum absolute atomic E-state index is 12.5. The molecule has 8 nitrogen and oxygen atoms in total. The Morgan fingerprint density at radius 2 is 1.83 bits per heavy atom. The third-order valence-corrected chi connectivity index (χ3v) is 8.04. The molecule has 0 aliphatic carbocycles. The molecule has 1 aromatic heterocycles. The van der Waals surface area contributed by atoms with Crippen molar-refractivity contribution in [2.45, 2.75) is 10.8 Å². The normalized spacial score (nSPS) is 15.2. The fourth-order valence-electron chi connectivity index (χ4n) is 2.96. The molecular weight excluding hydrogens is 446 g/mol. The van der Waals surface area contributed by atoms with Crippen LogP contribution in [0.15, 0.2) is 34.0 Å². The van der Waals surface area contributed by atoms with Crippen molar-refractivity contribution >= 4 is 44.8 Å². The monoisotopic (exact) mass is 469 g/mol. The van der Waals surface area contributed by atoms with Gasteiger partial charge in [-0.3, -0.25) is 9.59 Å². The predicted molar refractivity (Wildman–Crippen MR) is 117 cm³/mol. The summed E-state index contributed by atoms with van der Waals surface area (Å²) in [4.78, 5) is 30.9. The molecule has 0 saturated carbocycles. The van der Waals surface area contributed by atoms with Gasteiger partial charge in [0.25, 0.3) is 0 Å². The summed E-state index contributed by atoms with van der Waals surface area (Å²) in [5.74, 6) is 0.894. The van der Waals surface area contributed by atoms with E-state index < -0.39 is 10.0 Å². The number of ether oxygens (including phenoxy) is 1. The summed E-state index contributed by atoms with van der Waals surface area (Å²) >= 11 is 2.75. The molecule has 2 aromatic rings. The van der Waals surface area contributed by atoms with Crippen molar-refractivity contribution in [1.82, 2.24) is 14.2 Å². The van der Waals surface area contributed by atoms with Gasteiger partial charge in [-0.2, -0.15) is 4.31 Å². The SMILES string of the molecule is COc1ccc(C(=O)CSc2nc(CC(=O)N3CCN(S(C)(=O)=O)CC3)cs2)cc1. The highest BCUT2D eigenvalue weighted by molar-refractivity contribution is 8.01. The molecule has 0 N–H and O–H groups in total. The van der Waals surface area contributed by atoms with Crippen LogP contribution >= 0.6 is 23.1 Å². The average molecular weight is 470 g/mol. The van der Waals surface area contributed by atoms with Gasteiger partial charge in [-0.25, -0.2) is 13.4 Å². The Morgan fingerprint density at radius 3 is 2.43 bits per heavy atom. The summed E-state index contributed by atoms with van der Waals surface area (Å²) in [5.41, 5.74) is 1.28. The van der Waals surface area contributed by atoms with Gasteiger partial charge < -0.3 is 9.64 Å². The number of aromatic nitrogens is 1. The summed E-state index contributed by atoms with van der Waals surface area (Å²) in [6.45, 7) is 1.40. The van der Waals surface area contributed by atoms with Crippen LogP contribution in [0.25, 0.3) is 0 Å². The number of methoxy groups -OCH3 is 1. The number of benzene rings is 1. The molecule has 1 aliphatic heterocycles. The molecule has 1 amide bonds. The summed E-state index contributed by atoms with van der Waals surface area (Å²) in [6.07, 6.45) is 1.35. The molecule has 1 aliphatic rings. The maximum atomic E-state index is 12.5. The molecule has 162 valence electrons. The Hall–Kier alpha value is -1.95. The predicted octanol–water partition coefficient (Wildman–Crippen LogP) is 1.77. The van der Waals surface area contributed by atoms with E-state index in [4.69, 9.17) is 4.74 Å². The van der Waals surface area contributed by atoms with Gasteiger partial charge >= 0.3 is 0 Å². The van der Waals surface area contributed by atoms with E-state index in [1.807, 2.05) is 5.38 Å². The van der Waals surface area contributed by atoms with Crippen LogP contribution in [-0.2, 0) is 21.2 Å². The molecule has 1 fully saturated rings. The quantitative estimate of drug-likeness (QED) is 0.429. The lowest BCUT2D eigenvalue weighted by Crippen LogP contribution is -2.50. The minimum absolute atomic E-state index is 0.000716. The van der Waals surface area contributed by atoms with Gasteiger partial charge in [0, 0.05) is 37.1 Å². The molecule has 0 radical (unpaired) electrons. The minimum Gasteiger partial charge on any atom is -0.497 e. The van der Waals surface area contributed by atoms with E-state index in [1.54, 1.807) is 36.3 Å². The van der Waals surface area contributed by atoms with Crippen LogP contribution in [0.4, 0.5) is 0 Å². The van der Waals surface area contributed by atoms with Gasteiger partial charge in [-0.15, -0.1) is 11.3 Å². The van der Waals surface area contributed by atoms with Crippen molar-refractivity contribution in [2.24, 2.45) is 0 Å². The van der Waals surface area contributed by atoms with Crippen molar-refractivity contribution in [1.29, 1.82) is 0 Å². The topological polar surface area (TPSA) is 96.9 Å². The molecule has 0 atom stereocenters. The molecular formula is C19H23N3O5S3. The number of thiazole rings is 1. The number of amides is 1. The second kappa shape index (κ2) is 9.90. The minimum atomic E-state index is -3.22. The van der Waals surface area contributed by atoms with Gasteiger partial charge in [0.15, 0.2) is 10.1 Å². The second-order valence-electron chi connectivity index (χ2n) is 6.76. The lowest BCUT2D eigenvalue weighted by Gasteiger charge is -2.33. The Bertz CT molecular complexity index is 997. The van der Waals surface area contributed by atoms with Gasteiger partial charge in [0.05, 0.1) is 31.2 Å². The summed E-state index contributed by atoms with van der Waals surface area (Å²) in [7, 11) is -1.64. The van der Waals surface area contributed by atoms with Gasteiger partial charge in [-0.1, -0.05) is 11.8 Å². The number of piperazine rings is 1. The number of ketones is 1. The van der Waals surface area contributed by atoms with Gasteiger partial charge in [0.2, 0.25) is 15.9 Å². The second-order valence-corrected chi connectivity index (χ2v) is 10.8. The highest BCUT2D eigenvalue weighted by atomic mass is 32.2. The largest absolute Gasteiger partial charge is 0.497 e. The summed E-state index contributed by atoms with van der Waals surface area (Å²) < 4.78 is 30.3. The molecule has 0 spiro atoms. The Balaban J connectivity index is 1.47. The number of rotatable bonds is 8. The number of Topliss-reactive ketones (excluding diaryl/α,β-unsaturated/α-hetero) is 1. The first-order valence-corrected chi connectivity index (χ1v) is 12.9. The van der Waals surface area contributed by atoms with Crippen molar-refractivity contribution in [2.75, 3.05) is 45.3 Å². The van der Waals surface area contributed by atoms with Crippen LogP contribution in [0.3, 0.4) is 0 Å². The van der Waals surface area contributed by atoms with E-state index in [2.05, 4.69) is 4.98 Å². The first-order chi connectivity index (χ1) is 14.3. The molecule has 0 bridgehead atoms. The van der Waals surface area contributed by atoms with E-state index >= 15 is 0 Å². The molecule has 11 heteroatoms. The van der Waals surface area contributed by atoms with Crippen molar-refractivity contribution < 1.29 is 22.7 Å². The summed E-state index contributed by atoms with van der Waals surface area (Å²) in [6, 6.07) is 6.97. The number of nitrogens with zero attached hydrogens (tertiary/aromatic N) is 3. The third kappa shape index (κ3) is 6.03. The van der Waals surface area contributed by atoms with Crippen LogP contribution in [-0.4, -0.2) is 79.6 Å². The molecule has 1 aromatic carbocycles. The number of hydrogen-bond donors (Lipinski definition) is 0. The number of thioether (sulfide) groups is 1. The highest BCUT2D eigenvalue weighted by Gasteiger charge is 2.26. The number of carbonyl (C=O) groups is 2. The average Bonchev–Trinajstić information content (AvgIpc) is 3.18. The maximum Gasteiger partial charge on any atom is 0.228 e. The Morgan fingerprint density at radius 1 is 1.17 bits per heavy atom. The lowest BCUT2D eigenvalue weighted by atomic mass is 10.1. The Kier molecular flexibility index (Phi) is 7.50. The van der Waals surface area contributed by atoms with Crippen LogP contribution in [0.2, 0.25) is 0 Å². The van der Waals surface area contributed by atoms with Crippen molar-refractivity contribution in [3.05, 3.63) is 40.9 Å². The smallest absolute Gasteiger partial charge is 0.228 e. The van der Waals surface area contributed by atoms with Crippen molar-refractivity contribution in [3.63, 3.8) is 0 Å². The van der Waals surface area contributed by atoms with Gasteiger partial charge in [0.1, 0.15) is 5.75 Å². The lowest BCUT2D eigenvalue weighted by molar-refractivity contribution is -0.131. The first kappa shape index (κ1) is 22.7. The van der Waals surface area contributed by atoms with Crippen LogP contribution in [0.5, 0.6) is 5.75 Å². The van der Waals surface area contributed by atoms with Gasteiger partial charge in [-0.05, 0) is 24.3 Å². The van der Waals surface area contributed by atoms with Crippen molar-refractivity contribution in [3.8, 4) is 5.75 Å². The standard InChI is InChI=1S/C19H23N3O5S3/c1-27-16-5-3-14(4-6-16)17(23)13-29-19-20-15(12-28-19)11-18(24)21-7-9-22(10-8-21)30(2,25)26/h3-6,12H,7-11,13H2,1-2H3. The zero-order valence-corrected chi connectivity index (χ0v) is 19.2. The number of carbonyl (C=O) groups excluding carboxylic acids is 2. The van der Waals surface area contributed by atoms with Crippen LogP contribution in [0.1, 0.15) is 16.1 Å².